The van der Waals surface area contributed by atoms with Crippen LogP contribution in [0.25, 0.3) is 0 Å². The second-order valence-corrected chi connectivity index (χ2v) is 6.87. The third-order valence-corrected chi connectivity index (χ3v) is 4.38. The van der Waals surface area contributed by atoms with Gasteiger partial charge in [0.1, 0.15) is 0 Å². The molecule has 23 heavy (non-hydrogen) atoms. The summed E-state index contributed by atoms with van der Waals surface area (Å²) in [5.74, 6) is 1.24. The minimum Gasteiger partial charge on any atom is -0.370 e. The Morgan fingerprint density at radius 3 is 2.96 bits per heavy atom. The Morgan fingerprint density at radius 1 is 1.48 bits per heavy atom. The summed E-state index contributed by atoms with van der Waals surface area (Å²) in [6.45, 7) is 6.84. The number of rotatable bonds is 7. The van der Waals surface area contributed by atoms with E-state index in [2.05, 4.69) is 29.2 Å². The highest BCUT2D eigenvalue weighted by Crippen LogP contribution is 2.21. The van der Waals surface area contributed by atoms with Gasteiger partial charge in [-0.1, -0.05) is 20.3 Å². The Labute approximate surface area is 137 Å². The number of aromatic nitrogens is 2. The number of anilines is 1. The van der Waals surface area contributed by atoms with Gasteiger partial charge in [-0.25, -0.2) is 4.68 Å². The topological polar surface area (TPSA) is 67.2 Å². The zero-order valence-corrected chi connectivity index (χ0v) is 14.4. The van der Waals surface area contributed by atoms with Crippen molar-refractivity contribution in [3.8, 4) is 0 Å². The molecule has 2 rings (SSSR count). The normalized spacial score (nSPS) is 17.7. The summed E-state index contributed by atoms with van der Waals surface area (Å²) in [5, 5.41) is 7.11. The summed E-state index contributed by atoms with van der Waals surface area (Å²) in [4.78, 5) is 25.7. The molecule has 1 aliphatic rings. The van der Waals surface area contributed by atoms with Gasteiger partial charge < -0.3 is 10.2 Å². The van der Waals surface area contributed by atoms with Crippen LogP contribution in [0.4, 0.5) is 5.69 Å². The van der Waals surface area contributed by atoms with Gasteiger partial charge in [-0.3, -0.25) is 9.59 Å². The lowest BCUT2D eigenvalue weighted by atomic mass is 10.1. The van der Waals surface area contributed by atoms with Crippen molar-refractivity contribution in [2.24, 2.45) is 18.9 Å². The van der Waals surface area contributed by atoms with Crippen LogP contribution in [0, 0.1) is 11.8 Å². The Bertz CT molecular complexity index is 582. The SMILES string of the molecule is CC(C)CCCC(=O)NC[C@H]1CCN(c2cnn(C)c(=O)c2)C1. The molecule has 1 saturated heterocycles. The zero-order chi connectivity index (χ0) is 16.8. The van der Waals surface area contributed by atoms with Crippen LogP contribution in [0.3, 0.4) is 0 Å². The summed E-state index contributed by atoms with van der Waals surface area (Å²) in [6.07, 6.45) is 5.43. The molecular formula is C17H28N4O2. The molecule has 0 unspecified atom stereocenters. The van der Waals surface area contributed by atoms with Crippen molar-refractivity contribution in [1.82, 2.24) is 15.1 Å². The molecule has 0 bridgehead atoms. The van der Waals surface area contributed by atoms with Crippen LogP contribution in [0.2, 0.25) is 0 Å². The minimum absolute atomic E-state index is 0.0931. The van der Waals surface area contributed by atoms with Crippen molar-refractivity contribution < 1.29 is 4.79 Å². The molecule has 1 N–H and O–H groups in total. The fourth-order valence-corrected chi connectivity index (χ4v) is 2.88. The number of aryl methyl sites for hydroxylation is 1. The van der Waals surface area contributed by atoms with Gasteiger partial charge in [-0.05, 0) is 24.7 Å². The maximum atomic E-state index is 11.8. The first kappa shape index (κ1) is 17.5. The number of nitrogens with one attached hydrogen (secondary N) is 1. The number of hydrogen-bond donors (Lipinski definition) is 1. The lowest BCUT2D eigenvalue weighted by Crippen LogP contribution is -2.31. The van der Waals surface area contributed by atoms with Crippen LogP contribution in [0.5, 0.6) is 0 Å². The van der Waals surface area contributed by atoms with Gasteiger partial charge in [0.25, 0.3) is 5.56 Å². The third-order valence-electron chi connectivity index (χ3n) is 4.38. The summed E-state index contributed by atoms with van der Waals surface area (Å²) in [7, 11) is 1.65. The molecule has 0 aromatic carbocycles. The lowest BCUT2D eigenvalue weighted by Gasteiger charge is -2.18. The molecule has 2 heterocycles. The quantitative estimate of drug-likeness (QED) is 0.828. The molecular weight excluding hydrogens is 292 g/mol. The molecule has 0 radical (unpaired) electrons. The highest BCUT2D eigenvalue weighted by Gasteiger charge is 2.23. The zero-order valence-electron chi connectivity index (χ0n) is 14.4. The van der Waals surface area contributed by atoms with Crippen LogP contribution >= 0.6 is 0 Å². The van der Waals surface area contributed by atoms with E-state index in [1.807, 2.05) is 0 Å². The molecule has 128 valence electrons. The van der Waals surface area contributed by atoms with Crippen LogP contribution in [0.15, 0.2) is 17.1 Å². The smallest absolute Gasteiger partial charge is 0.268 e. The highest BCUT2D eigenvalue weighted by molar-refractivity contribution is 5.75. The maximum absolute atomic E-state index is 11.8. The second kappa shape index (κ2) is 8.13. The number of carbonyl (C=O) groups is 1. The van der Waals surface area contributed by atoms with Gasteiger partial charge in [0.05, 0.1) is 11.9 Å². The van der Waals surface area contributed by atoms with Crippen molar-refractivity contribution in [2.45, 2.75) is 39.5 Å². The molecule has 0 spiro atoms. The Hall–Kier alpha value is -1.85. The molecule has 1 aromatic rings. The number of amides is 1. The molecule has 1 fully saturated rings. The summed E-state index contributed by atoms with van der Waals surface area (Å²) >= 11 is 0. The first-order valence-corrected chi connectivity index (χ1v) is 8.50. The van der Waals surface area contributed by atoms with Gasteiger partial charge in [0.2, 0.25) is 5.91 Å². The molecule has 6 heteroatoms. The summed E-state index contributed by atoms with van der Waals surface area (Å²) in [6, 6.07) is 1.62. The summed E-state index contributed by atoms with van der Waals surface area (Å²) < 4.78 is 1.33. The Kier molecular flexibility index (Phi) is 6.19. The molecule has 0 aliphatic carbocycles. The number of nitrogens with zero attached hydrogens (tertiary/aromatic N) is 3. The first-order valence-electron chi connectivity index (χ1n) is 8.50. The van der Waals surface area contributed by atoms with Crippen LogP contribution < -0.4 is 15.8 Å². The van der Waals surface area contributed by atoms with Crippen molar-refractivity contribution in [3.63, 3.8) is 0 Å². The van der Waals surface area contributed by atoms with Gasteiger partial charge in [-0.2, -0.15) is 5.10 Å². The fourth-order valence-electron chi connectivity index (χ4n) is 2.88. The molecule has 1 aliphatic heterocycles. The first-order chi connectivity index (χ1) is 11.0. The van der Waals surface area contributed by atoms with Gasteiger partial charge in [0, 0.05) is 39.2 Å². The van der Waals surface area contributed by atoms with E-state index in [-0.39, 0.29) is 11.5 Å². The van der Waals surface area contributed by atoms with E-state index in [0.717, 1.165) is 44.6 Å². The van der Waals surface area contributed by atoms with Gasteiger partial charge in [-0.15, -0.1) is 0 Å². The number of carbonyl (C=O) groups excluding carboxylic acids is 1. The number of hydrogen-bond acceptors (Lipinski definition) is 4. The van der Waals surface area contributed by atoms with Crippen molar-refractivity contribution in [3.05, 3.63) is 22.6 Å². The highest BCUT2D eigenvalue weighted by atomic mass is 16.1. The largest absolute Gasteiger partial charge is 0.370 e. The average molecular weight is 320 g/mol. The predicted octanol–water partition coefficient (Wildman–Crippen LogP) is 1.55. The standard InChI is InChI=1S/C17H28N4O2/c1-13(2)5-4-6-16(22)18-10-14-7-8-21(12-14)15-9-17(23)20(3)19-11-15/h9,11,13-14H,4-8,10,12H2,1-3H3,(H,18,22)/t14-/m1/s1. The van der Waals surface area contributed by atoms with E-state index in [4.69, 9.17) is 0 Å². The van der Waals surface area contributed by atoms with Crippen molar-refractivity contribution >= 4 is 11.6 Å². The predicted molar refractivity (Wildman–Crippen MR) is 91.5 cm³/mol. The van der Waals surface area contributed by atoms with E-state index >= 15 is 0 Å². The van der Waals surface area contributed by atoms with E-state index in [0.29, 0.717) is 18.3 Å². The summed E-state index contributed by atoms with van der Waals surface area (Å²) in [5.41, 5.74) is 0.781. The Morgan fingerprint density at radius 2 is 2.26 bits per heavy atom. The monoisotopic (exact) mass is 320 g/mol. The molecule has 1 aromatic heterocycles. The van der Waals surface area contributed by atoms with Gasteiger partial charge in [0.15, 0.2) is 0 Å². The second-order valence-electron chi connectivity index (χ2n) is 6.87. The molecule has 1 amide bonds. The third kappa shape index (κ3) is 5.37. The van der Waals surface area contributed by atoms with Crippen LogP contribution in [-0.2, 0) is 11.8 Å². The van der Waals surface area contributed by atoms with Crippen molar-refractivity contribution in [1.29, 1.82) is 0 Å². The van der Waals surface area contributed by atoms with E-state index < -0.39 is 0 Å². The van der Waals surface area contributed by atoms with Crippen LogP contribution in [-0.4, -0.2) is 35.3 Å². The van der Waals surface area contributed by atoms with E-state index in [1.54, 1.807) is 19.3 Å². The van der Waals surface area contributed by atoms with Crippen molar-refractivity contribution in [2.75, 3.05) is 24.5 Å². The average Bonchev–Trinajstić information content (AvgIpc) is 2.96. The lowest BCUT2D eigenvalue weighted by molar-refractivity contribution is -0.121. The van der Waals surface area contributed by atoms with Gasteiger partial charge >= 0.3 is 0 Å². The Balaban J connectivity index is 1.74. The molecule has 1 atom stereocenters. The fraction of sp³-hybridized carbons (Fsp3) is 0.706. The molecule has 0 saturated carbocycles. The maximum Gasteiger partial charge on any atom is 0.268 e. The van der Waals surface area contributed by atoms with E-state index in [1.165, 1.54) is 4.68 Å². The minimum atomic E-state index is -0.0931. The van der Waals surface area contributed by atoms with Crippen LogP contribution in [0.1, 0.15) is 39.5 Å². The molecule has 6 nitrogen and oxygen atoms in total. The van der Waals surface area contributed by atoms with E-state index in [9.17, 15) is 9.59 Å².